The van der Waals surface area contributed by atoms with Crippen LogP contribution in [0.4, 0.5) is 5.69 Å². The van der Waals surface area contributed by atoms with Crippen molar-refractivity contribution in [1.82, 2.24) is 0 Å². The number of carbonyl (C=O) groups excluding carboxylic acids is 1. The second-order valence-corrected chi connectivity index (χ2v) is 3.00. The summed E-state index contributed by atoms with van der Waals surface area (Å²) in [6, 6.07) is 8.59. The minimum atomic E-state index is -1.07. The highest BCUT2D eigenvalue weighted by Gasteiger charge is 2.16. The Bertz CT molecular complexity index is 442. The zero-order valence-electron chi connectivity index (χ0n) is 8.80. The first-order valence-corrected chi connectivity index (χ1v) is 4.66. The Labute approximate surface area is 93.5 Å². The topological polar surface area (TPSA) is 57.6 Å². The predicted octanol–water partition coefficient (Wildman–Crippen LogP) is 1.13. The Morgan fingerprint density at radius 3 is 2.44 bits per heavy atom. The molecule has 0 bridgehead atoms. The zero-order valence-corrected chi connectivity index (χ0v) is 8.80. The third kappa shape index (κ3) is 3.14. The maximum absolute atomic E-state index is 11.6. The first-order valence-electron chi connectivity index (χ1n) is 4.66. The van der Waals surface area contributed by atoms with Crippen LogP contribution in [0, 0.1) is 11.8 Å². The lowest BCUT2D eigenvalue weighted by atomic mass is 10.3. The molecule has 0 aromatic heterocycles. The molecule has 1 rings (SSSR count). The summed E-state index contributed by atoms with van der Waals surface area (Å²) in [5.74, 6) is 3.19. The minimum Gasteiger partial charge on any atom is -0.480 e. The van der Waals surface area contributed by atoms with Crippen molar-refractivity contribution in [2.75, 3.05) is 11.4 Å². The summed E-state index contributed by atoms with van der Waals surface area (Å²) in [6.07, 6.45) is 0. The zero-order chi connectivity index (χ0) is 12.0. The summed E-state index contributed by atoms with van der Waals surface area (Å²) in [5.41, 5.74) is 0.526. The molecule has 0 heterocycles. The Morgan fingerprint density at radius 2 is 1.94 bits per heavy atom. The normalized spacial score (nSPS) is 8.81. The molecule has 0 unspecified atom stereocenters. The number of hydrogen-bond donors (Lipinski definition) is 1. The van der Waals surface area contributed by atoms with Crippen molar-refractivity contribution < 1.29 is 14.7 Å². The lowest BCUT2D eigenvalue weighted by Crippen LogP contribution is -2.34. The van der Waals surface area contributed by atoms with Gasteiger partial charge in [-0.1, -0.05) is 24.1 Å². The number of aliphatic carboxylic acids is 1. The van der Waals surface area contributed by atoms with E-state index in [1.807, 2.05) is 0 Å². The quantitative estimate of drug-likeness (QED) is 0.772. The van der Waals surface area contributed by atoms with Gasteiger partial charge >= 0.3 is 11.9 Å². The summed E-state index contributed by atoms with van der Waals surface area (Å²) in [5, 5.41) is 8.72. The molecule has 4 heteroatoms. The molecule has 0 radical (unpaired) electrons. The molecule has 0 aliphatic heterocycles. The van der Waals surface area contributed by atoms with E-state index in [0.717, 1.165) is 4.90 Å². The van der Waals surface area contributed by atoms with Crippen LogP contribution < -0.4 is 4.90 Å². The van der Waals surface area contributed by atoms with Crippen molar-refractivity contribution in [2.45, 2.75) is 6.92 Å². The number of rotatable bonds is 3. The number of nitrogens with zero attached hydrogens (tertiary/aromatic N) is 1. The number of amides is 1. The standard InChI is InChI=1S/C12H11NO3/c1-2-6-11(14)13(9-12(15)16)10-7-4-3-5-8-10/h3-5,7-8H,9H2,1H3,(H,15,16). The summed E-state index contributed by atoms with van der Waals surface area (Å²) < 4.78 is 0. The van der Waals surface area contributed by atoms with Crippen molar-refractivity contribution in [1.29, 1.82) is 0 Å². The molecule has 16 heavy (non-hydrogen) atoms. The first-order chi connectivity index (χ1) is 7.65. The van der Waals surface area contributed by atoms with Gasteiger partial charge in [0.2, 0.25) is 0 Å². The van der Waals surface area contributed by atoms with Gasteiger partial charge in [0.15, 0.2) is 0 Å². The van der Waals surface area contributed by atoms with Gasteiger partial charge in [-0.25, -0.2) is 0 Å². The van der Waals surface area contributed by atoms with E-state index >= 15 is 0 Å². The molecule has 1 aromatic rings. The Morgan fingerprint density at radius 1 is 1.31 bits per heavy atom. The fraction of sp³-hybridized carbons (Fsp3) is 0.167. The molecule has 1 N–H and O–H groups in total. The number of carbonyl (C=O) groups is 2. The van der Waals surface area contributed by atoms with Crippen molar-refractivity contribution in [3.05, 3.63) is 30.3 Å². The van der Waals surface area contributed by atoms with Crippen LogP contribution in [0.15, 0.2) is 30.3 Å². The van der Waals surface area contributed by atoms with E-state index < -0.39 is 18.4 Å². The molecule has 1 amide bonds. The molecular weight excluding hydrogens is 206 g/mol. The third-order valence-electron chi connectivity index (χ3n) is 1.84. The van der Waals surface area contributed by atoms with Gasteiger partial charge in [0.05, 0.1) is 0 Å². The first kappa shape index (κ1) is 11.8. The molecule has 4 nitrogen and oxygen atoms in total. The van der Waals surface area contributed by atoms with Gasteiger partial charge in [0.1, 0.15) is 6.54 Å². The van der Waals surface area contributed by atoms with Gasteiger partial charge < -0.3 is 5.11 Å². The maximum atomic E-state index is 11.6. The van der Waals surface area contributed by atoms with E-state index in [1.165, 1.54) is 6.92 Å². The van der Waals surface area contributed by atoms with E-state index in [4.69, 9.17) is 5.11 Å². The van der Waals surface area contributed by atoms with Crippen molar-refractivity contribution in [3.63, 3.8) is 0 Å². The molecule has 82 valence electrons. The molecule has 0 saturated heterocycles. The Balaban J connectivity index is 2.99. The monoisotopic (exact) mass is 217 g/mol. The SMILES string of the molecule is CC#CC(=O)N(CC(=O)O)c1ccccc1. The van der Waals surface area contributed by atoms with Gasteiger partial charge in [-0.3, -0.25) is 14.5 Å². The summed E-state index contributed by atoms with van der Waals surface area (Å²) >= 11 is 0. The highest BCUT2D eigenvalue weighted by atomic mass is 16.4. The van der Waals surface area contributed by atoms with E-state index in [-0.39, 0.29) is 0 Å². The number of anilines is 1. The highest BCUT2D eigenvalue weighted by Crippen LogP contribution is 2.12. The van der Waals surface area contributed by atoms with Crippen LogP contribution >= 0.6 is 0 Å². The van der Waals surface area contributed by atoms with E-state index in [1.54, 1.807) is 30.3 Å². The van der Waals surface area contributed by atoms with Gasteiger partial charge in [-0.15, -0.1) is 0 Å². The predicted molar refractivity (Wildman–Crippen MR) is 59.9 cm³/mol. The van der Waals surface area contributed by atoms with Crippen LogP contribution in [0.5, 0.6) is 0 Å². The molecule has 0 aliphatic rings. The molecule has 1 aromatic carbocycles. The summed E-state index contributed by atoms with van der Waals surface area (Å²) in [6.45, 7) is 1.14. The van der Waals surface area contributed by atoms with Gasteiger partial charge in [0.25, 0.3) is 0 Å². The largest absolute Gasteiger partial charge is 0.480 e. The summed E-state index contributed by atoms with van der Waals surface area (Å²) in [7, 11) is 0. The van der Waals surface area contributed by atoms with E-state index in [0.29, 0.717) is 5.69 Å². The second-order valence-electron chi connectivity index (χ2n) is 3.00. The number of para-hydroxylation sites is 1. The van der Waals surface area contributed by atoms with Crippen molar-refractivity contribution in [2.24, 2.45) is 0 Å². The van der Waals surface area contributed by atoms with Gasteiger partial charge in [-0.2, -0.15) is 0 Å². The Hall–Kier alpha value is -2.28. The van der Waals surface area contributed by atoms with Crippen molar-refractivity contribution in [3.8, 4) is 11.8 Å². The maximum Gasteiger partial charge on any atom is 0.323 e. The average molecular weight is 217 g/mol. The van der Waals surface area contributed by atoms with Crippen LogP contribution in [0.25, 0.3) is 0 Å². The van der Waals surface area contributed by atoms with Gasteiger partial charge in [0, 0.05) is 5.69 Å². The Kier molecular flexibility index (Phi) is 4.10. The van der Waals surface area contributed by atoms with Crippen LogP contribution in [0.2, 0.25) is 0 Å². The van der Waals surface area contributed by atoms with Gasteiger partial charge in [-0.05, 0) is 25.0 Å². The van der Waals surface area contributed by atoms with Crippen LogP contribution in [-0.2, 0) is 9.59 Å². The fourth-order valence-corrected chi connectivity index (χ4v) is 1.20. The molecule has 0 saturated carbocycles. The van der Waals surface area contributed by atoms with Crippen molar-refractivity contribution >= 4 is 17.6 Å². The van der Waals surface area contributed by atoms with Crippen LogP contribution in [0.3, 0.4) is 0 Å². The number of benzene rings is 1. The lowest BCUT2D eigenvalue weighted by molar-refractivity contribution is -0.136. The molecule has 0 spiro atoms. The minimum absolute atomic E-state index is 0.391. The smallest absolute Gasteiger partial charge is 0.323 e. The number of hydrogen-bond acceptors (Lipinski definition) is 2. The second kappa shape index (κ2) is 5.56. The summed E-state index contributed by atoms with van der Waals surface area (Å²) in [4.78, 5) is 23.3. The molecular formula is C12H11NO3. The van der Waals surface area contributed by atoms with E-state index in [9.17, 15) is 9.59 Å². The lowest BCUT2D eigenvalue weighted by Gasteiger charge is -2.17. The molecule has 0 fully saturated rings. The van der Waals surface area contributed by atoms with E-state index in [2.05, 4.69) is 11.8 Å². The third-order valence-corrected chi connectivity index (χ3v) is 1.84. The number of carboxylic acids is 1. The fourth-order valence-electron chi connectivity index (χ4n) is 1.20. The van der Waals surface area contributed by atoms with Crippen LogP contribution in [0.1, 0.15) is 6.92 Å². The van der Waals surface area contributed by atoms with Crippen LogP contribution in [-0.4, -0.2) is 23.5 Å². The highest BCUT2D eigenvalue weighted by molar-refractivity contribution is 6.07. The average Bonchev–Trinajstić information content (AvgIpc) is 2.27. The molecule has 0 atom stereocenters. The molecule has 0 aliphatic carbocycles. The number of carboxylic acid groups (broad SMARTS) is 1.